The maximum absolute atomic E-state index is 6.03. The van der Waals surface area contributed by atoms with E-state index in [1.807, 2.05) is 12.1 Å². The fourth-order valence-corrected chi connectivity index (χ4v) is 3.08. The minimum atomic E-state index is 0.262. The van der Waals surface area contributed by atoms with Gasteiger partial charge < -0.3 is 11.1 Å². The van der Waals surface area contributed by atoms with Gasteiger partial charge in [0.2, 0.25) is 0 Å². The van der Waals surface area contributed by atoms with Crippen LogP contribution in [0, 0.1) is 5.92 Å². The van der Waals surface area contributed by atoms with E-state index >= 15 is 0 Å². The topological polar surface area (TPSA) is 63.8 Å². The van der Waals surface area contributed by atoms with Gasteiger partial charge in [0.05, 0.1) is 0 Å². The average Bonchev–Trinajstić information content (AvgIpc) is 2.62. The molecule has 4 nitrogen and oxygen atoms in total. The zero-order chi connectivity index (χ0) is 18.1. The fourth-order valence-electron chi connectivity index (χ4n) is 2.94. The Morgan fingerprint density at radius 2 is 2.00 bits per heavy atom. The average molecular weight is 359 g/mol. The standard InChI is InChI=1S/C20H27ClN4/c1-3-4-5-9-12-17(15(2)13-16-10-7-6-8-11-16)25-20-18(22)19(21)23-14-24-20/h3,6-8,10-11,14-15,17H,1,4-5,9,12-13,22H2,2H3,(H,23,24,25). The molecule has 2 aromatic rings. The zero-order valence-electron chi connectivity index (χ0n) is 14.8. The van der Waals surface area contributed by atoms with Gasteiger partial charge in [-0.3, -0.25) is 0 Å². The van der Waals surface area contributed by atoms with Crippen molar-refractivity contribution in [2.75, 3.05) is 11.1 Å². The van der Waals surface area contributed by atoms with E-state index in [2.05, 4.69) is 53.1 Å². The zero-order valence-corrected chi connectivity index (χ0v) is 15.5. The van der Waals surface area contributed by atoms with Gasteiger partial charge in [-0.25, -0.2) is 9.97 Å². The van der Waals surface area contributed by atoms with Gasteiger partial charge in [0.1, 0.15) is 12.0 Å². The third kappa shape index (κ3) is 6.05. The van der Waals surface area contributed by atoms with Gasteiger partial charge in [-0.15, -0.1) is 6.58 Å². The van der Waals surface area contributed by atoms with Crippen LogP contribution in [0.2, 0.25) is 5.15 Å². The first kappa shape index (κ1) is 19.3. The van der Waals surface area contributed by atoms with E-state index in [1.54, 1.807) is 0 Å². The highest BCUT2D eigenvalue weighted by atomic mass is 35.5. The third-order valence-corrected chi connectivity index (χ3v) is 4.72. The maximum Gasteiger partial charge on any atom is 0.157 e. The van der Waals surface area contributed by atoms with Gasteiger partial charge in [-0.1, -0.05) is 61.4 Å². The van der Waals surface area contributed by atoms with Crippen LogP contribution in [0.25, 0.3) is 0 Å². The summed E-state index contributed by atoms with van der Waals surface area (Å²) in [6, 6.07) is 10.8. The van der Waals surface area contributed by atoms with Crippen molar-refractivity contribution in [1.82, 2.24) is 9.97 Å². The molecule has 0 bridgehead atoms. The molecule has 2 atom stereocenters. The third-order valence-electron chi connectivity index (χ3n) is 4.42. The second-order valence-electron chi connectivity index (χ2n) is 6.42. The number of rotatable bonds is 10. The number of benzene rings is 1. The van der Waals surface area contributed by atoms with Crippen molar-refractivity contribution < 1.29 is 0 Å². The molecule has 0 aliphatic heterocycles. The summed E-state index contributed by atoms with van der Waals surface area (Å²) in [4.78, 5) is 8.19. The lowest BCUT2D eigenvalue weighted by Gasteiger charge is -2.26. The Balaban J connectivity index is 2.08. The molecule has 3 N–H and O–H groups in total. The molecule has 2 unspecified atom stereocenters. The van der Waals surface area contributed by atoms with Crippen LogP contribution >= 0.6 is 11.6 Å². The van der Waals surface area contributed by atoms with Crippen LogP contribution in [-0.4, -0.2) is 16.0 Å². The summed E-state index contributed by atoms with van der Waals surface area (Å²) in [6.07, 6.45) is 8.76. The molecule has 0 saturated heterocycles. The molecule has 0 fully saturated rings. The number of aromatic nitrogens is 2. The number of allylic oxidation sites excluding steroid dienone is 1. The predicted molar refractivity (Wildman–Crippen MR) is 107 cm³/mol. The predicted octanol–water partition coefficient (Wildman–Crippen LogP) is 5.12. The highest BCUT2D eigenvalue weighted by molar-refractivity contribution is 6.32. The van der Waals surface area contributed by atoms with E-state index in [9.17, 15) is 0 Å². The highest BCUT2D eigenvalue weighted by Crippen LogP contribution is 2.26. The van der Waals surface area contributed by atoms with Gasteiger partial charge in [0, 0.05) is 6.04 Å². The molecule has 0 saturated carbocycles. The quantitative estimate of drug-likeness (QED) is 0.351. The summed E-state index contributed by atoms with van der Waals surface area (Å²) in [5, 5.41) is 3.79. The van der Waals surface area contributed by atoms with E-state index in [1.165, 1.54) is 11.9 Å². The largest absolute Gasteiger partial charge is 0.393 e. The summed E-state index contributed by atoms with van der Waals surface area (Å²) in [5.41, 5.74) is 7.77. The summed E-state index contributed by atoms with van der Waals surface area (Å²) in [7, 11) is 0. The molecule has 0 amide bonds. The van der Waals surface area contributed by atoms with Crippen molar-refractivity contribution in [1.29, 1.82) is 0 Å². The first-order valence-electron chi connectivity index (χ1n) is 8.79. The van der Waals surface area contributed by atoms with Crippen molar-refractivity contribution in [3.8, 4) is 0 Å². The maximum atomic E-state index is 6.03. The molecule has 1 aromatic heterocycles. The number of anilines is 2. The Morgan fingerprint density at radius 3 is 2.72 bits per heavy atom. The molecular weight excluding hydrogens is 332 g/mol. The van der Waals surface area contributed by atoms with E-state index in [0.717, 1.165) is 32.1 Å². The van der Waals surface area contributed by atoms with Crippen molar-refractivity contribution in [3.05, 3.63) is 60.0 Å². The lowest BCUT2D eigenvalue weighted by molar-refractivity contribution is 0.439. The summed E-state index contributed by atoms with van der Waals surface area (Å²) < 4.78 is 0. The Hall–Kier alpha value is -2.07. The SMILES string of the molecule is C=CCCCCC(Nc1ncnc(Cl)c1N)C(C)Cc1ccccc1. The summed E-state index contributed by atoms with van der Waals surface area (Å²) in [5.74, 6) is 1.05. The number of nitrogens with zero attached hydrogens (tertiary/aromatic N) is 2. The molecule has 1 aromatic carbocycles. The molecule has 5 heteroatoms. The van der Waals surface area contributed by atoms with Crippen LogP contribution in [0.4, 0.5) is 11.5 Å². The number of hydrogen-bond donors (Lipinski definition) is 2. The monoisotopic (exact) mass is 358 g/mol. The van der Waals surface area contributed by atoms with Crippen molar-refractivity contribution in [2.24, 2.45) is 5.92 Å². The number of nitrogens with one attached hydrogen (secondary N) is 1. The molecule has 1 heterocycles. The minimum Gasteiger partial charge on any atom is -0.393 e. The van der Waals surface area contributed by atoms with Crippen molar-refractivity contribution >= 4 is 23.1 Å². The molecule has 0 spiro atoms. The number of hydrogen-bond acceptors (Lipinski definition) is 4. The van der Waals surface area contributed by atoms with Crippen molar-refractivity contribution in [2.45, 2.75) is 45.1 Å². The molecule has 2 rings (SSSR count). The van der Waals surface area contributed by atoms with Crippen molar-refractivity contribution in [3.63, 3.8) is 0 Å². The van der Waals surface area contributed by atoms with Gasteiger partial charge in [-0.2, -0.15) is 0 Å². The molecule has 25 heavy (non-hydrogen) atoms. The van der Waals surface area contributed by atoms with Gasteiger partial charge in [0.25, 0.3) is 0 Å². The molecule has 0 radical (unpaired) electrons. The van der Waals surface area contributed by atoms with Gasteiger partial charge in [0.15, 0.2) is 11.0 Å². The van der Waals surface area contributed by atoms with E-state index in [0.29, 0.717) is 22.6 Å². The first-order chi connectivity index (χ1) is 12.1. The van der Waals surface area contributed by atoms with Crippen LogP contribution in [0.5, 0.6) is 0 Å². The second kappa shape index (κ2) is 10.0. The molecular formula is C20H27ClN4. The molecule has 0 aliphatic carbocycles. The van der Waals surface area contributed by atoms with Crippen LogP contribution in [0.3, 0.4) is 0 Å². The minimum absolute atomic E-state index is 0.262. The molecule has 134 valence electrons. The highest BCUT2D eigenvalue weighted by Gasteiger charge is 2.19. The first-order valence-corrected chi connectivity index (χ1v) is 9.17. The van der Waals surface area contributed by atoms with Crippen LogP contribution in [0.15, 0.2) is 49.3 Å². The number of unbranched alkanes of at least 4 members (excludes halogenated alkanes) is 2. The molecule has 0 aliphatic rings. The lowest BCUT2D eigenvalue weighted by atomic mass is 9.90. The van der Waals surface area contributed by atoms with E-state index in [-0.39, 0.29) is 6.04 Å². The van der Waals surface area contributed by atoms with Gasteiger partial charge in [-0.05, 0) is 37.2 Å². The van der Waals surface area contributed by atoms with E-state index < -0.39 is 0 Å². The number of nitrogens with two attached hydrogens (primary N) is 1. The number of nitrogen functional groups attached to an aromatic ring is 1. The van der Waals surface area contributed by atoms with Crippen LogP contribution in [-0.2, 0) is 6.42 Å². The van der Waals surface area contributed by atoms with Crippen LogP contribution < -0.4 is 11.1 Å². The summed E-state index contributed by atoms with van der Waals surface area (Å²) in [6.45, 7) is 6.05. The number of halogens is 1. The fraction of sp³-hybridized carbons (Fsp3) is 0.400. The Labute approximate surface area is 155 Å². The van der Waals surface area contributed by atoms with E-state index in [4.69, 9.17) is 17.3 Å². The lowest BCUT2D eigenvalue weighted by Crippen LogP contribution is -2.30. The Bertz CT molecular complexity index is 660. The normalized spacial score (nSPS) is 13.2. The Morgan fingerprint density at radius 1 is 1.24 bits per heavy atom. The summed E-state index contributed by atoms with van der Waals surface area (Å²) >= 11 is 6.03. The Kier molecular flexibility index (Phi) is 7.74. The second-order valence-corrected chi connectivity index (χ2v) is 6.78. The smallest absolute Gasteiger partial charge is 0.157 e. The van der Waals surface area contributed by atoms with Gasteiger partial charge >= 0.3 is 0 Å². The van der Waals surface area contributed by atoms with Crippen LogP contribution in [0.1, 0.15) is 38.2 Å².